The van der Waals surface area contributed by atoms with E-state index in [4.69, 9.17) is 0 Å². The summed E-state index contributed by atoms with van der Waals surface area (Å²) in [6.45, 7) is 1.53. The third-order valence-corrected chi connectivity index (χ3v) is 4.31. The van der Waals surface area contributed by atoms with E-state index in [-0.39, 0.29) is 12.4 Å². The Morgan fingerprint density at radius 1 is 1.20 bits per heavy atom. The summed E-state index contributed by atoms with van der Waals surface area (Å²) >= 11 is 6.77. The Bertz CT molecular complexity index is 621. The normalized spacial score (nSPS) is 13.8. The van der Waals surface area contributed by atoms with Crippen molar-refractivity contribution in [1.82, 2.24) is 0 Å². The Kier molecular flexibility index (Phi) is 4.83. The topological polar surface area (TPSA) is 32.3 Å². The van der Waals surface area contributed by atoms with Crippen LogP contribution in [-0.4, -0.2) is 11.7 Å². The predicted octanol–water partition coefficient (Wildman–Crippen LogP) is 4.67. The van der Waals surface area contributed by atoms with Gasteiger partial charge >= 0.3 is 0 Å². The first kappa shape index (κ1) is 15.5. The molecule has 1 unspecified atom stereocenters. The van der Waals surface area contributed by atoms with Gasteiger partial charge in [-0.25, -0.2) is 4.39 Å². The molecule has 0 bridgehead atoms. The van der Waals surface area contributed by atoms with Crippen molar-refractivity contribution in [2.24, 2.45) is 0 Å². The van der Waals surface area contributed by atoms with Crippen LogP contribution in [0.25, 0.3) is 0 Å². The second-order valence-corrected chi connectivity index (χ2v) is 6.49. The lowest BCUT2D eigenvalue weighted by Gasteiger charge is -2.31. The summed E-state index contributed by atoms with van der Waals surface area (Å²) in [6.07, 6.45) is 0. The Hall–Kier alpha value is -0.910. The predicted molar refractivity (Wildman–Crippen MR) is 86.3 cm³/mol. The number of anilines is 1. The number of aliphatic hydroxyl groups is 1. The van der Waals surface area contributed by atoms with Gasteiger partial charge in [0.05, 0.1) is 12.1 Å². The molecule has 0 fully saturated rings. The zero-order chi connectivity index (χ0) is 14.8. The summed E-state index contributed by atoms with van der Waals surface area (Å²) in [4.78, 5) is 0. The van der Waals surface area contributed by atoms with Crippen LogP contribution >= 0.6 is 31.9 Å². The van der Waals surface area contributed by atoms with Crippen molar-refractivity contribution in [2.75, 3.05) is 11.9 Å². The van der Waals surface area contributed by atoms with Gasteiger partial charge in [-0.3, -0.25) is 0 Å². The maximum absolute atomic E-state index is 14.1. The first-order chi connectivity index (χ1) is 9.46. The number of hydrogen-bond donors (Lipinski definition) is 2. The number of rotatable bonds is 4. The quantitative estimate of drug-likeness (QED) is 0.778. The number of hydrogen-bond acceptors (Lipinski definition) is 2. The maximum Gasteiger partial charge on any atom is 0.128 e. The third kappa shape index (κ3) is 3.22. The van der Waals surface area contributed by atoms with Gasteiger partial charge in [-0.05, 0) is 53.2 Å². The van der Waals surface area contributed by atoms with E-state index in [2.05, 4.69) is 37.2 Å². The van der Waals surface area contributed by atoms with E-state index in [1.54, 1.807) is 19.1 Å². The van der Waals surface area contributed by atoms with Crippen LogP contribution in [0.1, 0.15) is 12.5 Å². The Balaban J connectivity index is 2.43. The Morgan fingerprint density at radius 2 is 1.90 bits per heavy atom. The van der Waals surface area contributed by atoms with Crippen LogP contribution in [-0.2, 0) is 5.54 Å². The fourth-order valence-electron chi connectivity index (χ4n) is 1.97. The first-order valence-electron chi connectivity index (χ1n) is 6.05. The van der Waals surface area contributed by atoms with E-state index in [1.165, 1.54) is 6.07 Å². The van der Waals surface area contributed by atoms with Crippen molar-refractivity contribution in [1.29, 1.82) is 0 Å². The summed E-state index contributed by atoms with van der Waals surface area (Å²) < 4.78 is 15.7. The average molecular weight is 403 g/mol. The van der Waals surface area contributed by atoms with Crippen molar-refractivity contribution in [2.45, 2.75) is 12.5 Å². The molecule has 2 aromatic rings. The molecule has 2 nitrogen and oxygen atoms in total. The summed E-state index contributed by atoms with van der Waals surface area (Å²) in [5.41, 5.74) is 0.283. The molecule has 0 aliphatic rings. The van der Waals surface area contributed by atoms with Crippen LogP contribution < -0.4 is 5.32 Å². The Labute approximate surface area is 134 Å². The molecule has 0 aliphatic heterocycles. The molecule has 2 N–H and O–H groups in total. The minimum atomic E-state index is -0.919. The highest BCUT2D eigenvalue weighted by atomic mass is 79.9. The maximum atomic E-state index is 14.1. The second kappa shape index (κ2) is 6.24. The van der Waals surface area contributed by atoms with E-state index < -0.39 is 5.54 Å². The Morgan fingerprint density at radius 3 is 2.55 bits per heavy atom. The van der Waals surface area contributed by atoms with Gasteiger partial charge in [-0.15, -0.1) is 0 Å². The first-order valence-corrected chi connectivity index (χ1v) is 7.64. The van der Waals surface area contributed by atoms with Crippen LogP contribution in [0.3, 0.4) is 0 Å². The van der Waals surface area contributed by atoms with Gasteiger partial charge in [0.2, 0.25) is 0 Å². The van der Waals surface area contributed by atoms with Gasteiger partial charge in [0.15, 0.2) is 0 Å². The smallest absolute Gasteiger partial charge is 0.128 e. The van der Waals surface area contributed by atoms with Gasteiger partial charge in [0.25, 0.3) is 0 Å². The monoisotopic (exact) mass is 401 g/mol. The lowest BCUT2D eigenvalue weighted by molar-refractivity contribution is 0.220. The van der Waals surface area contributed by atoms with Crippen LogP contribution in [0, 0.1) is 5.82 Å². The van der Waals surface area contributed by atoms with Gasteiger partial charge in [-0.2, -0.15) is 0 Å². The van der Waals surface area contributed by atoms with Gasteiger partial charge in [0, 0.05) is 20.2 Å². The number of nitrogens with one attached hydrogen (secondary N) is 1. The molecule has 0 amide bonds. The highest BCUT2D eigenvalue weighted by Crippen LogP contribution is 2.32. The van der Waals surface area contributed by atoms with Gasteiger partial charge in [0.1, 0.15) is 5.82 Å². The fourth-order valence-corrected chi connectivity index (χ4v) is 2.72. The minimum Gasteiger partial charge on any atom is -0.394 e. The molecule has 0 saturated heterocycles. The summed E-state index contributed by atoms with van der Waals surface area (Å²) in [7, 11) is 0. The molecule has 2 rings (SSSR count). The van der Waals surface area contributed by atoms with Crippen molar-refractivity contribution < 1.29 is 9.50 Å². The molecule has 0 saturated carbocycles. The standard InChI is InChI=1S/C15H14Br2FNO/c1-15(9-20,11-8-10(16)6-7-13(11)18)19-14-5-3-2-4-12(14)17/h2-8,19-20H,9H2,1H3. The molecule has 0 heterocycles. The number of benzene rings is 2. The molecular formula is C15H14Br2FNO. The highest BCUT2D eigenvalue weighted by molar-refractivity contribution is 9.10. The fraction of sp³-hybridized carbons (Fsp3) is 0.200. The summed E-state index contributed by atoms with van der Waals surface area (Å²) in [5.74, 6) is -0.357. The SMILES string of the molecule is CC(CO)(Nc1ccccc1Br)c1cc(Br)ccc1F. The van der Waals surface area contributed by atoms with Crippen molar-refractivity contribution >= 4 is 37.5 Å². The largest absolute Gasteiger partial charge is 0.394 e. The van der Waals surface area contributed by atoms with E-state index in [0.29, 0.717) is 5.56 Å². The van der Waals surface area contributed by atoms with Crippen molar-refractivity contribution in [3.8, 4) is 0 Å². The number of para-hydroxylation sites is 1. The second-order valence-electron chi connectivity index (χ2n) is 4.72. The summed E-state index contributed by atoms with van der Waals surface area (Å²) in [5, 5.41) is 12.9. The van der Waals surface area contributed by atoms with Crippen LogP contribution in [0.5, 0.6) is 0 Å². The summed E-state index contributed by atoms with van der Waals surface area (Å²) in [6, 6.07) is 12.2. The number of aliphatic hydroxyl groups excluding tert-OH is 1. The van der Waals surface area contributed by atoms with E-state index in [1.807, 2.05) is 24.3 Å². The highest BCUT2D eigenvalue weighted by Gasteiger charge is 2.29. The molecular weight excluding hydrogens is 389 g/mol. The zero-order valence-corrected chi connectivity index (χ0v) is 14.0. The van der Waals surface area contributed by atoms with Crippen molar-refractivity contribution in [3.05, 3.63) is 62.8 Å². The molecule has 106 valence electrons. The lowest BCUT2D eigenvalue weighted by atomic mass is 9.92. The van der Waals surface area contributed by atoms with E-state index in [9.17, 15) is 9.50 Å². The molecule has 2 aromatic carbocycles. The molecule has 20 heavy (non-hydrogen) atoms. The zero-order valence-electron chi connectivity index (χ0n) is 10.8. The number of halogens is 3. The minimum absolute atomic E-state index is 0.234. The molecule has 0 radical (unpaired) electrons. The van der Waals surface area contributed by atoms with Crippen LogP contribution in [0.15, 0.2) is 51.4 Å². The van der Waals surface area contributed by atoms with Crippen molar-refractivity contribution in [3.63, 3.8) is 0 Å². The average Bonchev–Trinajstić information content (AvgIpc) is 2.44. The molecule has 5 heteroatoms. The van der Waals surface area contributed by atoms with Gasteiger partial charge in [-0.1, -0.05) is 28.1 Å². The van der Waals surface area contributed by atoms with E-state index >= 15 is 0 Å². The molecule has 0 aromatic heterocycles. The van der Waals surface area contributed by atoms with Crippen LogP contribution in [0.2, 0.25) is 0 Å². The molecule has 0 spiro atoms. The molecule has 1 atom stereocenters. The van der Waals surface area contributed by atoms with Crippen LogP contribution in [0.4, 0.5) is 10.1 Å². The molecule has 0 aliphatic carbocycles. The van der Waals surface area contributed by atoms with Gasteiger partial charge < -0.3 is 10.4 Å². The van der Waals surface area contributed by atoms with E-state index in [0.717, 1.165) is 14.6 Å². The lowest BCUT2D eigenvalue weighted by Crippen LogP contribution is -2.37. The third-order valence-electron chi connectivity index (χ3n) is 3.12.